The zero-order chi connectivity index (χ0) is 12.4. The second-order valence-electron chi connectivity index (χ2n) is 3.77. The molecule has 0 saturated carbocycles. The maximum absolute atomic E-state index is 6.13. The number of alkyl halides is 1. The zero-order valence-electron chi connectivity index (χ0n) is 9.54. The molecule has 4 heteroatoms. The van der Waals surface area contributed by atoms with E-state index >= 15 is 0 Å². The molecule has 0 aliphatic rings. The van der Waals surface area contributed by atoms with E-state index in [0.717, 1.165) is 5.56 Å². The van der Waals surface area contributed by atoms with Crippen molar-refractivity contribution in [3.05, 3.63) is 50.7 Å². The highest BCUT2D eigenvalue weighted by molar-refractivity contribution is 9.09. The number of rotatable bonds is 3. The van der Waals surface area contributed by atoms with Crippen molar-refractivity contribution in [2.75, 3.05) is 7.11 Å². The fraction of sp³-hybridized carbons (Fsp3) is 0.231. The maximum Gasteiger partial charge on any atom is 0.137 e. The molecule has 0 saturated heterocycles. The first-order valence-corrected chi connectivity index (χ1v) is 7.37. The van der Waals surface area contributed by atoms with E-state index in [2.05, 4.69) is 33.6 Å². The van der Waals surface area contributed by atoms with Gasteiger partial charge >= 0.3 is 0 Å². The highest BCUT2D eigenvalue weighted by Crippen LogP contribution is 2.37. The van der Waals surface area contributed by atoms with Crippen LogP contribution in [-0.2, 0) is 0 Å². The van der Waals surface area contributed by atoms with E-state index in [9.17, 15) is 0 Å². The number of thiophene rings is 1. The highest BCUT2D eigenvalue weighted by atomic mass is 79.9. The first-order chi connectivity index (χ1) is 8.13. The lowest BCUT2D eigenvalue weighted by Crippen LogP contribution is -1.94. The van der Waals surface area contributed by atoms with Crippen molar-refractivity contribution in [2.24, 2.45) is 0 Å². The van der Waals surface area contributed by atoms with Crippen molar-refractivity contribution in [3.8, 4) is 5.75 Å². The summed E-state index contributed by atoms with van der Waals surface area (Å²) >= 11 is 11.6. The van der Waals surface area contributed by atoms with Gasteiger partial charge < -0.3 is 4.74 Å². The molecule has 0 bridgehead atoms. The van der Waals surface area contributed by atoms with Gasteiger partial charge in [-0.3, -0.25) is 0 Å². The molecular weight excluding hydrogens is 320 g/mol. The number of aryl methyl sites for hydroxylation is 1. The predicted octanol–water partition coefficient (Wildman–Crippen LogP) is 5.20. The molecule has 1 aromatic carbocycles. The zero-order valence-corrected chi connectivity index (χ0v) is 12.7. The molecule has 0 spiro atoms. The fourth-order valence-corrected chi connectivity index (χ4v) is 3.75. The number of halogens is 2. The van der Waals surface area contributed by atoms with E-state index < -0.39 is 0 Å². The summed E-state index contributed by atoms with van der Waals surface area (Å²) in [6.45, 7) is 2.12. The standard InChI is InChI=1S/C13H12BrClOS/c1-8-6-17-7-10(8)13(14)9-3-4-12(16-2)11(15)5-9/h3-7,13H,1-2H3. The van der Waals surface area contributed by atoms with Gasteiger partial charge in [0.15, 0.2) is 0 Å². The van der Waals surface area contributed by atoms with Crippen LogP contribution in [0, 0.1) is 6.92 Å². The molecule has 2 rings (SSSR count). The molecule has 0 aliphatic carbocycles. The van der Waals surface area contributed by atoms with Gasteiger partial charge in [0.25, 0.3) is 0 Å². The SMILES string of the molecule is COc1ccc(C(Br)c2cscc2C)cc1Cl. The Bertz CT molecular complexity index is 524. The number of hydrogen-bond donors (Lipinski definition) is 0. The largest absolute Gasteiger partial charge is 0.495 e. The molecule has 0 aliphatic heterocycles. The van der Waals surface area contributed by atoms with Crippen LogP contribution in [0.5, 0.6) is 5.75 Å². The van der Waals surface area contributed by atoms with Crippen LogP contribution in [-0.4, -0.2) is 7.11 Å². The van der Waals surface area contributed by atoms with Gasteiger partial charge in [-0.2, -0.15) is 11.3 Å². The summed E-state index contributed by atoms with van der Waals surface area (Å²) in [5, 5.41) is 4.95. The third-order valence-electron chi connectivity index (χ3n) is 2.64. The second kappa shape index (κ2) is 5.42. The Kier molecular flexibility index (Phi) is 4.13. The van der Waals surface area contributed by atoms with Crippen LogP contribution in [0.25, 0.3) is 0 Å². The minimum atomic E-state index is 0.178. The van der Waals surface area contributed by atoms with Crippen LogP contribution in [0.2, 0.25) is 5.02 Å². The number of methoxy groups -OCH3 is 1. The molecule has 17 heavy (non-hydrogen) atoms. The third-order valence-corrected chi connectivity index (χ3v) is 4.83. The second-order valence-corrected chi connectivity index (χ2v) is 5.83. The maximum atomic E-state index is 6.13. The van der Waals surface area contributed by atoms with Gasteiger partial charge in [-0.1, -0.05) is 33.6 Å². The van der Waals surface area contributed by atoms with Gasteiger partial charge in [0, 0.05) is 0 Å². The lowest BCUT2D eigenvalue weighted by molar-refractivity contribution is 0.415. The van der Waals surface area contributed by atoms with Crippen molar-refractivity contribution in [1.82, 2.24) is 0 Å². The molecule has 1 unspecified atom stereocenters. The Morgan fingerprint density at radius 1 is 1.35 bits per heavy atom. The number of ether oxygens (including phenoxy) is 1. The van der Waals surface area contributed by atoms with E-state index in [4.69, 9.17) is 16.3 Å². The Morgan fingerprint density at radius 2 is 2.12 bits per heavy atom. The molecule has 0 N–H and O–H groups in total. The lowest BCUT2D eigenvalue weighted by atomic mass is 10.0. The van der Waals surface area contributed by atoms with Crippen LogP contribution < -0.4 is 4.74 Å². The van der Waals surface area contributed by atoms with E-state index in [1.165, 1.54) is 11.1 Å². The van der Waals surface area contributed by atoms with Gasteiger partial charge in [0.1, 0.15) is 5.75 Å². The van der Waals surface area contributed by atoms with Crippen molar-refractivity contribution in [2.45, 2.75) is 11.8 Å². The Morgan fingerprint density at radius 3 is 2.65 bits per heavy atom. The predicted molar refractivity (Wildman–Crippen MR) is 77.8 cm³/mol. The average molecular weight is 332 g/mol. The normalized spacial score (nSPS) is 12.5. The number of benzene rings is 1. The van der Waals surface area contributed by atoms with Crippen LogP contribution in [0.1, 0.15) is 21.5 Å². The Labute approximate surface area is 119 Å². The summed E-state index contributed by atoms with van der Waals surface area (Å²) in [5.41, 5.74) is 3.72. The molecule has 0 fully saturated rings. The molecule has 1 aromatic heterocycles. The van der Waals surface area contributed by atoms with Crippen LogP contribution >= 0.6 is 38.9 Å². The molecule has 1 nitrogen and oxygen atoms in total. The Balaban J connectivity index is 2.35. The average Bonchev–Trinajstić information content (AvgIpc) is 2.74. The summed E-state index contributed by atoms with van der Waals surface area (Å²) in [6, 6.07) is 5.87. The summed E-state index contributed by atoms with van der Waals surface area (Å²) in [6.07, 6.45) is 0. The summed E-state index contributed by atoms with van der Waals surface area (Å²) in [7, 11) is 1.62. The van der Waals surface area contributed by atoms with E-state index in [0.29, 0.717) is 10.8 Å². The van der Waals surface area contributed by atoms with Gasteiger partial charge in [0.05, 0.1) is 17.0 Å². The molecular formula is C13H12BrClOS. The van der Waals surface area contributed by atoms with Crippen molar-refractivity contribution >= 4 is 38.9 Å². The van der Waals surface area contributed by atoms with E-state index in [1.54, 1.807) is 18.4 Å². The van der Waals surface area contributed by atoms with E-state index in [1.807, 2.05) is 18.2 Å². The smallest absolute Gasteiger partial charge is 0.137 e. The molecule has 90 valence electrons. The van der Waals surface area contributed by atoms with Crippen LogP contribution in [0.4, 0.5) is 0 Å². The molecule has 1 atom stereocenters. The highest BCUT2D eigenvalue weighted by Gasteiger charge is 2.14. The molecule has 0 radical (unpaired) electrons. The van der Waals surface area contributed by atoms with Crippen molar-refractivity contribution < 1.29 is 4.74 Å². The number of hydrogen-bond acceptors (Lipinski definition) is 2. The summed E-state index contributed by atoms with van der Waals surface area (Å²) in [5.74, 6) is 0.706. The quantitative estimate of drug-likeness (QED) is 0.702. The van der Waals surface area contributed by atoms with Gasteiger partial charge in [0.2, 0.25) is 0 Å². The molecule has 0 amide bonds. The minimum absolute atomic E-state index is 0.178. The van der Waals surface area contributed by atoms with Gasteiger partial charge in [-0.05, 0) is 46.5 Å². The molecule has 2 aromatic rings. The van der Waals surface area contributed by atoms with Gasteiger partial charge in [-0.15, -0.1) is 0 Å². The van der Waals surface area contributed by atoms with Gasteiger partial charge in [-0.25, -0.2) is 0 Å². The first-order valence-electron chi connectivity index (χ1n) is 5.13. The third kappa shape index (κ3) is 2.67. The van der Waals surface area contributed by atoms with Crippen molar-refractivity contribution in [3.63, 3.8) is 0 Å². The van der Waals surface area contributed by atoms with Crippen LogP contribution in [0.3, 0.4) is 0 Å². The monoisotopic (exact) mass is 330 g/mol. The lowest BCUT2D eigenvalue weighted by Gasteiger charge is -2.12. The first kappa shape index (κ1) is 12.9. The topological polar surface area (TPSA) is 9.23 Å². The van der Waals surface area contributed by atoms with Crippen LogP contribution in [0.15, 0.2) is 29.0 Å². The van der Waals surface area contributed by atoms with Crippen molar-refractivity contribution in [1.29, 1.82) is 0 Å². The molecule has 1 heterocycles. The minimum Gasteiger partial charge on any atom is -0.495 e. The fourth-order valence-electron chi connectivity index (χ4n) is 1.65. The summed E-state index contributed by atoms with van der Waals surface area (Å²) < 4.78 is 5.15. The Hall–Kier alpha value is -0.510. The van der Waals surface area contributed by atoms with E-state index in [-0.39, 0.29) is 4.83 Å². The summed E-state index contributed by atoms with van der Waals surface area (Å²) in [4.78, 5) is 0.178.